The Balaban J connectivity index is 1.42. The summed E-state index contributed by atoms with van der Waals surface area (Å²) in [6.45, 7) is 1.30. The smallest absolute Gasteiger partial charge is 0.255 e. The fourth-order valence-electron chi connectivity index (χ4n) is 3.44. The number of pyridine rings is 2. The first-order valence-electron chi connectivity index (χ1n) is 8.53. The molecule has 1 amide bonds. The molecular weight excluding hydrogens is 316 g/mol. The lowest BCUT2D eigenvalue weighted by Gasteiger charge is -2.34. The molecule has 0 aliphatic carbocycles. The first-order valence-corrected chi connectivity index (χ1v) is 8.53. The van der Waals surface area contributed by atoms with Crippen molar-refractivity contribution in [2.45, 2.75) is 18.9 Å². The van der Waals surface area contributed by atoms with Crippen LogP contribution in [0.1, 0.15) is 35.0 Å². The molecule has 0 radical (unpaired) electrons. The third-order valence-corrected chi connectivity index (χ3v) is 4.90. The van der Waals surface area contributed by atoms with E-state index in [-0.39, 0.29) is 11.8 Å². The largest absolute Gasteiger partial charge is 0.387 e. The Hall–Kier alpha value is -2.73. The highest BCUT2D eigenvalue weighted by Gasteiger charge is 2.29. The molecule has 1 aliphatic rings. The zero-order chi connectivity index (χ0) is 17.2. The molecule has 0 unspecified atom stereocenters. The number of aromatic nitrogens is 3. The molecule has 3 aromatic rings. The normalized spacial score (nSPS) is 16.9. The van der Waals surface area contributed by atoms with Crippen molar-refractivity contribution in [1.29, 1.82) is 0 Å². The van der Waals surface area contributed by atoms with Gasteiger partial charge in [0.1, 0.15) is 5.65 Å². The number of piperidine rings is 1. The van der Waals surface area contributed by atoms with Crippen molar-refractivity contribution < 1.29 is 9.90 Å². The molecule has 1 N–H and O–H groups in total. The van der Waals surface area contributed by atoms with Gasteiger partial charge < -0.3 is 14.4 Å². The maximum Gasteiger partial charge on any atom is 0.255 e. The second-order valence-corrected chi connectivity index (χ2v) is 6.44. The van der Waals surface area contributed by atoms with Crippen molar-refractivity contribution in [1.82, 2.24) is 19.3 Å². The summed E-state index contributed by atoms with van der Waals surface area (Å²) in [5.74, 6) is 0.163. The Bertz CT molecular complexity index is 869. The van der Waals surface area contributed by atoms with Crippen LogP contribution >= 0.6 is 0 Å². The van der Waals surface area contributed by atoms with Crippen LogP contribution in [0.4, 0.5) is 0 Å². The highest BCUT2D eigenvalue weighted by molar-refractivity contribution is 5.94. The first-order chi connectivity index (χ1) is 12.2. The van der Waals surface area contributed by atoms with Gasteiger partial charge in [0.15, 0.2) is 0 Å². The molecule has 0 saturated carbocycles. The van der Waals surface area contributed by atoms with Crippen LogP contribution in [0.5, 0.6) is 0 Å². The van der Waals surface area contributed by atoms with E-state index in [4.69, 9.17) is 0 Å². The number of likely N-dealkylation sites (tertiary alicyclic amines) is 1. The maximum atomic E-state index is 12.7. The molecule has 0 bridgehead atoms. The number of imidazole rings is 1. The van der Waals surface area contributed by atoms with Gasteiger partial charge in [0, 0.05) is 37.9 Å². The molecule has 1 atom stereocenters. The zero-order valence-corrected chi connectivity index (χ0v) is 13.8. The van der Waals surface area contributed by atoms with Gasteiger partial charge in [-0.25, -0.2) is 4.98 Å². The highest BCUT2D eigenvalue weighted by atomic mass is 16.3. The van der Waals surface area contributed by atoms with Crippen LogP contribution in [-0.4, -0.2) is 43.4 Å². The summed E-state index contributed by atoms with van der Waals surface area (Å²) in [6.07, 6.45) is 8.05. The van der Waals surface area contributed by atoms with Crippen molar-refractivity contribution in [3.8, 4) is 0 Å². The van der Waals surface area contributed by atoms with Crippen LogP contribution in [0.25, 0.3) is 5.65 Å². The Morgan fingerprint density at radius 3 is 2.72 bits per heavy atom. The van der Waals surface area contributed by atoms with Crippen LogP contribution in [0.15, 0.2) is 55.1 Å². The van der Waals surface area contributed by atoms with Gasteiger partial charge >= 0.3 is 0 Å². The lowest BCUT2D eigenvalue weighted by molar-refractivity contribution is 0.0447. The molecule has 128 valence electrons. The molecule has 0 spiro atoms. The number of carbonyl (C=O) groups is 1. The summed E-state index contributed by atoms with van der Waals surface area (Å²) in [7, 11) is 0. The van der Waals surface area contributed by atoms with Crippen LogP contribution < -0.4 is 0 Å². The average Bonchev–Trinajstić information content (AvgIpc) is 3.15. The number of hydrogen-bond donors (Lipinski definition) is 1. The van der Waals surface area contributed by atoms with Crippen molar-refractivity contribution >= 4 is 11.6 Å². The van der Waals surface area contributed by atoms with E-state index < -0.39 is 6.10 Å². The predicted octanol–water partition coefficient (Wildman–Crippen LogP) is 2.32. The predicted molar refractivity (Wildman–Crippen MR) is 93.0 cm³/mol. The van der Waals surface area contributed by atoms with Gasteiger partial charge in [-0.15, -0.1) is 0 Å². The van der Waals surface area contributed by atoms with Gasteiger partial charge in [-0.1, -0.05) is 6.07 Å². The van der Waals surface area contributed by atoms with Crippen molar-refractivity contribution in [3.05, 3.63) is 66.4 Å². The monoisotopic (exact) mass is 336 g/mol. The number of fused-ring (bicyclic) bond motifs is 1. The zero-order valence-electron chi connectivity index (χ0n) is 13.8. The summed E-state index contributed by atoms with van der Waals surface area (Å²) in [5, 5.41) is 10.5. The summed E-state index contributed by atoms with van der Waals surface area (Å²) in [5.41, 5.74) is 2.20. The van der Waals surface area contributed by atoms with Crippen molar-refractivity contribution in [2.24, 2.45) is 5.92 Å². The molecule has 4 rings (SSSR count). The molecular formula is C19H20N4O2. The SMILES string of the molecule is O=C(c1ccc2nccn2c1)N1CCC([C@H](O)c2ccccn2)CC1. The molecule has 1 fully saturated rings. The van der Waals surface area contributed by atoms with Crippen LogP contribution in [0, 0.1) is 5.92 Å². The second kappa shape index (κ2) is 6.64. The quantitative estimate of drug-likeness (QED) is 0.797. The number of carbonyl (C=O) groups excluding carboxylic acids is 1. The Morgan fingerprint density at radius 2 is 1.96 bits per heavy atom. The summed E-state index contributed by atoms with van der Waals surface area (Å²) in [4.78, 5) is 23.0. The van der Waals surface area contributed by atoms with Gasteiger partial charge in [-0.2, -0.15) is 0 Å². The Labute approximate surface area is 145 Å². The van der Waals surface area contributed by atoms with E-state index in [2.05, 4.69) is 9.97 Å². The number of hydrogen-bond acceptors (Lipinski definition) is 4. The van der Waals surface area contributed by atoms with E-state index >= 15 is 0 Å². The number of amides is 1. The lowest BCUT2D eigenvalue weighted by Crippen LogP contribution is -2.40. The van der Waals surface area contributed by atoms with Crippen LogP contribution in [-0.2, 0) is 0 Å². The van der Waals surface area contributed by atoms with E-state index in [0.29, 0.717) is 24.3 Å². The van der Waals surface area contributed by atoms with E-state index in [1.807, 2.05) is 52.0 Å². The number of nitrogens with zero attached hydrogens (tertiary/aromatic N) is 4. The number of aliphatic hydroxyl groups is 1. The molecule has 6 heteroatoms. The standard InChI is InChI=1S/C19H20N4O2/c24-18(16-3-1-2-8-20-16)14-6-10-22(11-7-14)19(25)15-4-5-17-21-9-12-23(17)13-15/h1-5,8-9,12-14,18,24H,6-7,10-11H2/t18-/m0/s1. The molecule has 25 heavy (non-hydrogen) atoms. The average molecular weight is 336 g/mol. The summed E-state index contributed by atoms with van der Waals surface area (Å²) in [6, 6.07) is 9.25. The fourth-order valence-corrected chi connectivity index (χ4v) is 3.44. The second-order valence-electron chi connectivity index (χ2n) is 6.44. The third-order valence-electron chi connectivity index (χ3n) is 4.90. The molecule has 0 aromatic carbocycles. The minimum Gasteiger partial charge on any atom is -0.387 e. The van der Waals surface area contributed by atoms with E-state index in [1.165, 1.54) is 0 Å². The molecule has 1 saturated heterocycles. The minimum absolute atomic E-state index is 0.0291. The third kappa shape index (κ3) is 3.13. The topological polar surface area (TPSA) is 70.7 Å². The molecule has 4 heterocycles. The molecule has 6 nitrogen and oxygen atoms in total. The van der Waals surface area contributed by atoms with Gasteiger partial charge in [0.25, 0.3) is 5.91 Å². The van der Waals surface area contributed by atoms with Gasteiger partial charge in [-0.05, 0) is 43.0 Å². The van der Waals surface area contributed by atoms with Gasteiger partial charge in [0.2, 0.25) is 0 Å². The first kappa shape index (κ1) is 15.8. The maximum absolute atomic E-state index is 12.7. The highest BCUT2D eigenvalue weighted by Crippen LogP contribution is 2.30. The van der Waals surface area contributed by atoms with Crippen molar-refractivity contribution in [2.75, 3.05) is 13.1 Å². The number of aliphatic hydroxyl groups excluding tert-OH is 1. The lowest BCUT2D eigenvalue weighted by atomic mass is 9.89. The molecule has 1 aliphatic heterocycles. The van der Waals surface area contributed by atoms with Gasteiger partial charge in [0.05, 0.1) is 17.4 Å². The van der Waals surface area contributed by atoms with Gasteiger partial charge in [-0.3, -0.25) is 9.78 Å². The Kier molecular flexibility index (Phi) is 4.19. The molecule has 3 aromatic heterocycles. The minimum atomic E-state index is -0.569. The summed E-state index contributed by atoms with van der Waals surface area (Å²) < 4.78 is 1.85. The van der Waals surface area contributed by atoms with E-state index in [9.17, 15) is 9.90 Å². The van der Waals surface area contributed by atoms with Crippen LogP contribution in [0.2, 0.25) is 0 Å². The van der Waals surface area contributed by atoms with E-state index in [1.54, 1.807) is 12.4 Å². The van der Waals surface area contributed by atoms with Crippen molar-refractivity contribution in [3.63, 3.8) is 0 Å². The van der Waals surface area contributed by atoms with Crippen LogP contribution in [0.3, 0.4) is 0 Å². The number of rotatable bonds is 3. The summed E-state index contributed by atoms with van der Waals surface area (Å²) >= 11 is 0. The van der Waals surface area contributed by atoms with E-state index in [0.717, 1.165) is 18.5 Å². The Morgan fingerprint density at radius 1 is 1.12 bits per heavy atom. The fraction of sp³-hybridized carbons (Fsp3) is 0.316.